The van der Waals surface area contributed by atoms with E-state index in [-0.39, 0.29) is 11.5 Å². The summed E-state index contributed by atoms with van der Waals surface area (Å²) in [4.78, 5) is 13.4. The number of nitrogens with one attached hydrogen (secondary N) is 1. The van der Waals surface area contributed by atoms with E-state index in [2.05, 4.69) is 31.1 Å². The molecule has 0 aromatic heterocycles. The molecule has 1 rings (SSSR count). The van der Waals surface area contributed by atoms with Gasteiger partial charge < -0.3 is 4.74 Å². The van der Waals surface area contributed by atoms with Crippen molar-refractivity contribution in [3.05, 3.63) is 0 Å². The predicted octanol–water partition coefficient (Wildman–Crippen LogP) is 0.256. The number of amides is 1. The molecule has 3 N–H and O–H groups in total. The number of nitrogens with two attached hydrogens (primary N) is 1. The van der Waals surface area contributed by atoms with Crippen LogP contribution in [0.3, 0.4) is 0 Å². The Morgan fingerprint density at radius 2 is 2.31 bits per heavy atom. The van der Waals surface area contributed by atoms with Crippen LogP contribution in [-0.2, 0) is 9.53 Å². The lowest BCUT2D eigenvalue weighted by Gasteiger charge is -2.41. The van der Waals surface area contributed by atoms with Gasteiger partial charge in [0.2, 0.25) is 5.91 Å². The number of carbonyl (C=O) groups is 1. The molecule has 5 heteroatoms. The lowest BCUT2D eigenvalue weighted by Crippen LogP contribution is -2.51. The summed E-state index contributed by atoms with van der Waals surface area (Å²) in [5.41, 5.74) is 2.08. The van der Waals surface area contributed by atoms with Gasteiger partial charge in [-0.2, -0.15) is 0 Å². The van der Waals surface area contributed by atoms with Gasteiger partial charge in [0.05, 0.1) is 12.2 Å². The monoisotopic (exact) mass is 229 g/mol. The van der Waals surface area contributed by atoms with Crippen molar-refractivity contribution in [2.24, 2.45) is 5.84 Å². The van der Waals surface area contributed by atoms with Crippen molar-refractivity contribution in [2.75, 3.05) is 19.7 Å². The Morgan fingerprint density at radius 1 is 1.62 bits per heavy atom. The van der Waals surface area contributed by atoms with Gasteiger partial charge in [-0.1, -0.05) is 0 Å². The summed E-state index contributed by atoms with van der Waals surface area (Å²) in [6.45, 7) is 8.95. The summed E-state index contributed by atoms with van der Waals surface area (Å²) in [7, 11) is 0. The first kappa shape index (κ1) is 13.4. The maximum Gasteiger partial charge on any atom is 0.233 e. The number of morpholine rings is 1. The molecule has 1 aliphatic heterocycles. The highest BCUT2D eigenvalue weighted by molar-refractivity contribution is 5.75. The molecule has 1 fully saturated rings. The number of hydrogen-bond donors (Lipinski definition) is 2. The SMILES string of the molecule is CC(CCC(=O)NN)N1CCOC(C)(C)C1. The number of hydrogen-bond acceptors (Lipinski definition) is 4. The third-order valence-corrected chi connectivity index (χ3v) is 3.03. The van der Waals surface area contributed by atoms with Crippen molar-refractivity contribution in [3.8, 4) is 0 Å². The van der Waals surface area contributed by atoms with Gasteiger partial charge in [-0.15, -0.1) is 0 Å². The molecule has 16 heavy (non-hydrogen) atoms. The molecule has 0 aromatic rings. The van der Waals surface area contributed by atoms with Crippen molar-refractivity contribution >= 4 is 5.91 Å². The predicted molar refractivity (Wildman–Crippen MR) is 62.6 cm³/mol. The van der Waals surface area contributed by atoms with E-state index in [0.29, 0.717) is 12.5 Å². The summed E-state index contributed by atoms with van der Waals surface area (Å²) in [5.74, 6) is 4.95. The van der Waals surface area contributed by atoms with Crippen molar-refractivity contribution in [3.63, 3.8) is 0 Å². The van der Waals surface area contributed by atoms with Crippen LogP contribution < -0.4 is 11.3 Å². The number of carbonyl (C=O) groups excluding carboxylic acids is 1. The maximum absolute atomic E-state index is 11.0. The van der Waals surface area contributed by atoms with E-state index in [9.17, 15) is 4.79 Å². The van der Waals surface area contributed by atoms with E-state index < -0.39 is 0 Å². The van der Waals surface area contributed by atoms with Crippen LogP contribution in [0.4, 0.5) is 0 Å². The fourth-order valence-electron chi connectivity index (χ4n) is 2.02. The fraction of sp³-hybridized carbons (Fsp3) is 0.909. The molecule has 1 aliphatic rings. The van der Waals surface area contributed by atoms with Crippen LogP contribution in [0.25, 0.3) is 0 Å². The smallest absolute Gasteiger partial charge is 0.233 e. The Labute approximate surface area is 97.3 Å². The van der Waals surface area contributed by atoms with Gasteiger partial charge in [-0.25, -0.2) is 5.84 Å². The third-order valence-electron chi connectivity index (χ3n) is 3.03. The van der Waals surface area contributed by atoms with Gasteiger partial charge in [-0.05, 0) is 27.2 Å². The van der Waals surface area contributed by atoms with Gasteiger partial charge in [0.25, 0.3) is 0 Å². The molecule has 1 unspecified atom stereocenters. The average Bonchev–Trinajstić information content (AvgIpc) is 2.23. The van der Waals surface area contributed by atoms with E-state index in [1.807, 2.05) is 0 Å². The third kappa shape index (κ3) is 4.08. The zero-order valence-electron chi connectivity index (χ0n) is 10.5. The molecule has 0 spiro atoms. The Bertz CT molecular complexity index is 243. The molecule has 1 saturated heterocycles. The molecule has 1 atom stereocenters. The fourth-order valence-corrected chi connectivity index (χ4v) is 2.02. The van der Waals surface area contributed by atoms with Gasteiger partial charge in [0, 0.05) is 25.6 Å². The van der Waals surface area contributed by atoms with Gasteiger partial charge >= 0.3 is 0 Å². The van der Waals surface area contributed by atoms with Gasteiger partial charge in [0.1, 0.15) is 0 Å². The Hall–Kier alpha value is -0.650. The lowest BCUT2D eigenvalue weighted by molar-refractivity contribution is -0.122. The normalized spacial score (nSPS) is 22.8. The second-order valence-corrected chi connectivity index (χ2v) is 5.03. The largest absolute Gasteiger partial charge is 0.373 e. The maximum atomic E-state index is 11.0. The van der Waals surface area contributed by atoms with Crippen LogP contribution >= 0.6 is 0 Å². The number of nitrogens with zero attached hydrogens (tertiary/aromatic N) is 1. The van der Waals surface area contributed by atoms with Crippen molar-refractivity contribution in [1.82, 2.24) is 10.3 Å². The number of ether oxygens (including phenoxy) is 1. The molecule has 94 valence electrons. The zero-order valence-corrected chi connectivity index (χ0v) is 10.5. The van der Waals surface area contributed by atoms with Crippen LogP contribution in [0.15, 0.2) is 0 Å². The van der Waals surface area contributed by atoms with Crippen LogP contribution in [0.2, 0.25) is 0 Å². The minimum atomic E-state index is -0.0978. The molecule has 0 radical (unpaired) electrons. The molecular weight excluding hydrogens is 206 g/mol. The van der Waals surface area contributed by atoms with Crippen molar-refractivity contribution < 1.29 is 9.53 Å². The Kier molecular flexibility index (Phi) is 4.70. The van der Waals surface area contributed by atoms with Crippen LogP contribution in [0.1, 0.15) is 33.6 Å². The van der Waals surface area contributed by atoms with E-state index in [1.54, 1.807) is 0 Å². The van der Waals surface area contributed by atoms with Gasteiger partial charge in [0.15, 0.2) is 0 Å². The molecule has 0 aliphatic carbocycles. The summed E-state index contributed by atoms with van der Waals surface area (Å²) in [5, 5.41) is 0. The Morgan fingerprint density at radius 3 is 2.88 bits per heavy atom. The minimum absolute atomic E-state index is 0.0807. The second-order valence-electron chi connectivity index (χ2n) is 5.03. The summed E-state index contributed by atoms with van der Waals surface area (Å²) in [6, 6.07) is 0.389. The first-order valence-corrected chi connectivity index (χ1v) is 5.82. The summed E-state index contributed by atoms with van der Waals surface area (Å²) < 4.78 is 5.65. The van der Waals surface area contributed by atoms with E-state index in [4.69, 9.17) is 10.6 Å². The molecule has 0 saturated carbocycles. The molecule has 1 amide bonds. The first-order valence-electron chi connectivity index (χ1n) is 5.82. The highest BCUT2D eigenvalue weighted by Gasteiger charge is 2.29. The molecule has 1 heterocycles. The standard InChI is InChI=1S/C11H23N3O2/c1-9(4-5-10(15)13-12)14-6-7-16-11(2,3)8-14/h9H,4-8,12H2,1-3H3,(H,13,15). The number of rotatable bonds is 4. The minimum Gasteiger partial charge on any atom is -0.373 e. The summed E-state index contributed by atoms with van der Waals surface area (Å²) in [6.07, 6.45) is 1.31. The van der Waals surface area contributed by atoms with Gasteiger partial charge in [-0.3, -0.25) is 15.1 Å². The molecule has 5 nitrogen and oxygen atoms in total. The first-order chi connectivity index (χ1) is 7.44. The van der Waals surface area contributed by atoms with Crippen LogP contribution in [-0.4, -0.2) is 42.1 Å². The second kappa shape index (κ2) is 5.61. The lowest BCUT2D eigenvalue weighted by atomic mass is 10.0. The molecule has 0 aromatic carbocycles. The van der Waals surface area contributed by atoms with E-state index in [0.717, 1.165) is 26.1 Å². The van der Waals surface area contributed by atoms with Crippen LogP contribution in [0, 0.1) is 0 Å². The highest BCUT2D eigenvalue weighted by Crippen LogP contribution is 2.19. The van der Waals surface area contributed by atoms with Crippen molar-refractivity contribution in [2.45, 2.75) is 45.3 Å². The number of hydrazine groups is 1. The highest BCUT2D eigenvalue weighted by atomic mass is 16.5. The quantitative estimate of drug-likeness (QED) is 0.412. The van der Waals surface area contributed by atoms with Crippen LogP contribution in [0.5, 0.6) is 0 Å². The molecular formula is C11H23N3O2. The zero-order chi connectivity index (χ0) is 12.2. The average molecular weight is 229 g/mol. The van der Waals surface area contributed by atoms with E-state index in [1.165, 1.54) is 0 Å². The summed E-state index contributed by atoms with van der Waals surface area (Å²) >= 11 is 0. The molecule has 0 bridgehead atoms. The van der Waals surface area contributed by atoms with E-state index >= 15 is 0 Å². The van der Waals surface area contributed by atoms with Crippen molar-refractivity contribution in [1.29, 1.82) is 0 Å². The topological polar surface area (TPSA) is 67.6 Å². The Balaban J connectivity index is 2.35.